The molecule has 23 heavy (non-hydrogen) atoms. The third-order valence-electron chi connectivity index (χ3n) is 3.89. The zero-order valence-electron chi connectivity index (χ0n) is 12.1. The van der Waals surface area contributed by atoms with Crippen molar-refractivity contribution in [3.05, 3.63) is 35.6 Å². The van der Waals surface area contributed by atoms with Crippen molar-refractivity contribution < 1.29 is 27.1 Å². The number of cyclic esters (lactones) is 1. The number of benzene rings is 1. The Hall–Kier alpha value is -2.00. The fourth-order valence-corrected chi connectivity index (χ4v) is 4.27. The summed E-state index contributed by atoms with van der Waals surface area (Å²) in [6, 6.07) is 5.73. The van der Waals surface area contributed by atoms with Crippen molar-refractivity contribution in [3.63, 3.8) is 0 Å². The lowest BCUT2D eigenvalue weighted by molar-refractivity contribution is -0.126. The molecule has 3 rings (SSSR count). The molecule has 2 fully saturated rings. The summed E-state index contributed by atoms with van der Waals surface area (Å²) in [5, 5.41) is 0. The molecule has 2 heterocycles. The highest BCUT2D eigenvalue weighted by Crippen LogP contribution is 2.24. The number of sulfonamides is 1. The molecule has 2 saturated heterocycles. The maximum Gasteiger partial charge on any atom is 0.417 e. The summed E-state index contributed by atoms with van der Waals surface area (Å²) >= 11 is 0. The molecule has 1 aromatic rings. The van der Waals surface area contributed by atoms with Gasteiger partial charge in [-0.3, -0.25) is 4.79 Å². The molecule has 0 bridgehead atoms. The van der Waals surface area contributed by atoms with E-state index in [-0.39, 0.29) is 37.7 Å². The number of nitrogens with zero attached hydrogens (tertiary/aromatic N) is 2. The van der Waals surface area contributed by atoms with Crippen molar-refractivity contribution in [2.24, 2.45) is 5.92 Å². The monoisotopic (exact) mass is 342 g/mol. The van der Waals surface area contributed by atoms with Crippen LogP contribution in [0.5, 0.6) is 0 Å². The zero-order chi connectivity index (χ0) is 16.6. The van der Waals surface area contributed by atoms with Crippen LogP contribution >= 0.6 is 0 Å². The third kappa shape index (κ3) is 3.20. The van der Waals surface area contributed by atoms with Gasteiger partial charge >= 0.3 is 6.09 Å². The summed E-state index contributed by atoms with van der Waals surface area (Å²) in [6.45, 7) is 0.284. The molecule has 0 N–H and O–H groups in total. The first-order valence-corrected chi connectivity index (χ1v) is 8.66. The van der Waals surface area contributed by atoms with Gasteiger partial charge in [-0.25, -0.2) is 26.8 Å². The van der Waals surface area contributed by atoms with E-state index in [4.69, 9.17) is 0 Å². The van der Waals surface area contributed by atoms with Gasteiger partial charge in [0.15, 0.2) is 6.61 Å². The second-order valence-electron chi connectivity index (χ2n) is 5.59. The zero-order valence-corrected chi connectivity index (χ0v) is 13.0. The molecule has 0 aliphatic carbocycles. The molecule has 0 spiro atoms. The highest BCUT2D eigenvalue weighted by Gasteiger charge is 2.40. The number of rotatable bonds is 5. The minimum Gasteiger partial charge on any atom is -0.439 e. The molecule has 0 saturated carbocycles. The molecule has 1 aromatic carbocycles. The highest BCUT2D eigenvalue weighted by molar-refractivity contribution is 7.88. The molecule has 0 atom stereocenters. The van der Waals surface area contributed by atoms with E-state index >= 15 is 0 Å². The van der Waals surface area contributed by atoms with Gasteiger partial charge in [-0.1, -0.05) is 18.2 Å². The number of carbonyl (C=O) groups excluding carboxylic acids is 2. The average Bonchev–Trinajstić information content (AvgIpc) is 2.75. The van der Waals surface area contributed by atoms with Crippen molar-refractivity contribution >= 4 is 22.0 Å². The molecule has 2 aliphatic rings. The average molecular weight is 342 g/mol. The SMILES string of the molecule is O=C1COC(=O)N1CC1CN(S(=O)(=O)Cc2ccccc2F)C1. The Kier molecular flexibility index (Phi) is 4.07. The maximum atomic E-state index is 13.6. The number of hydrogen-bond donors (Lipinski definition) is 0. The van der Waals surface area contributed by atoms with Crippen LogP contribution in [0.4, 0.5) is 9.18 Å². The van der Waals surface area contributed by atoms with Crippen molar-refractivity contribution in [1.82, 2.24) is 9.21 Å². The lowest BCUT2D eigenvalue weighted by Gasteiger charge is -2.39. The van der Waals surface area contributed by atoms with Gasteiger partial charge in [-0.2, -0.15) is 0 Å². The Morgan fingerprint density at radius 2 is 1.91 bits per heavy atom. The van der Waals surface area contributed by atoms with Crippen LogP contribution in [0.3, 0.4) is 0 Å². The summed E-state index contributed by atoms with van der Waals surface area (Å²) in [7, 11) is -3.62. The fraction of sp³-hybridized carbons (Fsp3) is 0.429. The smallest absolute Gasteiger partial charge is 0.417 e. The molecular formula is C14H15FN2O5S. The van der Waals surface area contributed by atoms with E-state index in [2.05, 4.69) is 4.74 Å². The van der Waals surface area contributed by atoms with Gasteiger partial charge in [-0.15, -0.1) is 0 Å². The van der Waals surface area contributed by atoms with Crippen LogP contribution in [0.25, 0.3) is 0 Å². The van der Waals surface area contributed by atoms with Crippen LogP contribution < -0.4 is 0 Å². The van der Waals surface area contributed by atoms with E-state index in [1.165, 1.54) is 22.5 Å². The lowest BCUT2D eigenvalue weighted by Crippen LogP contribution is -2.54. The number of ether oxygens (including phenoxy) is 1. The molecule has 2 aliphatic heterocycles. The molecule has 0 aromatic heterocycles. The maximum absolute atomic E-state index is 13.6. The van der Waals surface area contributed by atoms with Crippen LogP contribution in [0.1, 0.15) is 5.56 Å². The highest BCUT2D eigenvalue weighted by atomic mass is 32.2. The van der Waals surface area contributed by atoms with E-state index in [9.17, 15) is 22.4 Å². The topological polar surface area (TPSA) is 84.0 Å². The van der Waals surface area contributed by atoms with Gasteiger partial charge in [0, 0.05) is 31.1 Å². The summed E-state index contributed by atoms with van der Waals surface area (Å²) in [6.07, 6.45) is -0.692. The molecule has 0 radical (unpaired) electrons. The van der Waals surface area contributed by atoms with Crippen molar-refractivity contribution in [2.75, 3.05) is 26.2 Å². The Bertz CT molecular complexity index is 729. The number of carbonyl (C=O) groups is 2. The summed E-state index contributed by atoms with van der Waals surface area (Å²) in [5.41, 5.74) is 0.120. The Morgan fingerprint density at radius 3 is 2.52 bits per heavy atom. The number of imide groups is 1. The number of halogens is 1. The van der Waals surface area contributed by atoms with E-state index < -0.39 is 33.6 Å². The largest absolute Gasteiger partial charge is 0.439 e. The Labute approximate surface area is 132 Å². The quantitative estimate of drug-likeness (QED) is 0.781. The predicted molar refractivity (Wildman–Crippen MR) is 77.1 cm³/mol. The van der Waals surface area contributed by atoms with Gasteiger partial charge in [0.2, 0.25) is 10.0 Å². The Morgan fingerprint density at radius 1 is 1.22 bits per heavy atom. The molecule has 2 amide bonds. The van der Waals surface area contributed by atoms with E-state index in [0.717, 1.165) is 4.90 Å². The second-order valence-corrected chi connectivity index (χ2v) is 7.56. The first-order chi connectivity index (χ1) is 10.9. The molecule has 7 nitrogen and oxygen atoms in total. The summed E-state index contributed by atoms with van der Waals surface area (Å²) < 4.78 is 43.9. The van der Waals surface area contributed by atoms with Crippen molar-refractivity contribution in [2.45, 2.75) is 5.75 Å². The molecule has 124 valence electrons. The van der Waals surface area contributed by atoms with Crippen LogP contribution in [-0.2, 0) is 25.3 Å². The number of amides is 2. The van der Waals surface area contributed by atoms with Crippen LogP contribution in [0, 0.1) is 11.7 Å². The first kappa shape index (κ1) is 15.9. The van der Waals surface area contributed by atoms with Gasteiger partial charge in [-0.05, 0) is 6.07 Å². The summed E-state index contributed by atoms with van der Waals surface area (Å²) in [4.78, 5) is 23.7. The first-order valence-electron chi connectivity index (χ1n) is 7.05. The third-order valence-corrected chi connectivity index (χ3v) is 5.65. The van der Waals surface area contributed by atoms with E-state index in [0.29, 0.717) is 0 Å². The van der Waals surface area contributed by atoms with Gasteiger partial charge in [0.1, 0.15) is 5.82 Å². The van der Waals surface area contributed by atoms with Crippen molar-refractivity contribution in [3.8, 4) is 0 Å². The second kappa shape index (κ2) is 5.89. The fourth-order valence-electron chi connectivity index (χ4n) is 2.58. The van der Waals surface area contributed by atoms with E-state index in [1.54, 1.807) is 6.07 Å². The normalized spacial score (nSPS) is 19.8. The predicted octanol–water partition coefficient (Wildman–Crippen LogP) is 0.566. The summed E-state index contributed by atoms with van der Waals surface area (Å²) in [5.74, 6) is -1.50. The van der Waals surface area contributed by atoms with Crippen LogP contribution in [0.15, 0.2) is 24.3 Å². The molecule has 0 unspecified atom stereocenters. The minimum absolute atomic E-state index is 0.120. The molecular weight excluding hydrogens is 327 g/mol. The van der Waals surface area contributed by atoms with Gasteiger partial charge in [0.25, 0.3) is 5.91 Å². The Balaban J connectivity index is 1.57. The lowest BCUT2D eigenvalue weighted by atomic mass is 10.0. The standard InChI is InChI=1S/C14H15FN2O5S/c15-12-4-2-1-3-11(12)9-23(20,21)16-5-10(6-16)7-17-13(18)8-22-14(17)19/h1-4,10H,5-9H2. The van der Waals surface area contributed by atoms with E-state index in [1.807, 2.05) is 0 Å². The minimum atomic E-state index is -3.62. The van der Waals surface area contributed by atoms with Gasteiger partial charge in [0.05, 0.1) is 5.75 Å². The van der Waals surface area contributed by atoms with Gasteiger partial charge < -0.3 is 4.74 Å². The van der Waals surface area contributed by atoms with Crippen LogP contribution in [0.2, 0.25) is 0 Å². The number of hydrogen-bond acceptors (Lipinski definition) is 5. The van der Waals surface area contributed by atoms with Crippen LogP contribution in [-0.4, -0.2) is 55.9 Å². The molecule has 9 heteroatoms. The van der Waals surface area contributed by atoms with Crippen molar-refractivity contribution in [1.29, 1.82) is 0 Å².